The van der Waals surface area contributed by atoms with Gasteiger partial charge >= 0.3 is 5.97 Å². The molecule has 1 aliphatic heterocycles. The zero-order chi connectivity index (χ0) is 23.8. The second kappa shape index (κ2) is 12.2. The number of hydrogen-bond donors (Lipinski definition) is 1. The molecule has 1 N–H and O–H groups in total. The van der Waals surface area contributed by atoms with Crippen molar-refractivity contribution in [1.82, 2.24) is 15.1 Å². The van der Waals surface area contributed by atoms with Gasteiger partial charge in [-0.05, 0) is 52.1 Å². The lowest BCUT2D eigenvalue weighted by Crippen LogP contribution is -2.59. The second-order valence-corrected chi connectivity index (χ2v) is 9.68. The van der Waals surface area contributed by atoms with Crippen LogP contribution in [0.1, 0.15) is 73.6 Å². The first kappa shape index (κ1) is 27.1. The van der Waals surface area contributed by atoms with E-state index in [9.17, 15) is 14.4 Å². The lowest BCUT2D eigenvalue weighted by Gasteiger charge is -2.38. The van der Waals surface area contributed by atoms with Gasteiger partial charge in [0.25, 0.3) is 0 Å². The van der Waals surface area contributed by atoms with Gasteiger partial charge < -0.3 is 15.0 Å². The van der Waals surface area contributed by atoms with E-state index in [1.807, 2.05) is 34.7 Å². The summed E-state index contributed by atoms with van der Waals surface area (Å²) in [5.74, 6) is -0.606. The molecule has 0 aromatic rings. The monoisotopic (exact) mass is 437 g/mol. The minimum atomic E-state index is -0.656. The minimum absolute atomic E-state index is 0.0887. The number of piperidine rings is 1. The first-order valence-electron chi connectivity index (χ1n) is 11.6. The lowest BCUT2D eigenvalue weighted by molar-refractivity contribution is -0.141. The number of ether oxygens (including phenoxy) is 1. The summed E-state index contributed by atoms with van der Waals surface area (Å²) >= 11 is 0. The maximum atomic E-state index is 13.5. The van der Waals surface area contributed by atoms with Crippen molar-refractivity contribution < 1.29 is 19.1 Å². The van der Waals surface area contributed by atoms with Gasteiger partial charge in [0.2, 0.25) is 11.8 Å². The highest BCUT2D eigenvalue weighted by atomic mass is 16.5. The Kier molecular flexibility index (Phi) is 10.7. The van der Waals surface area contributed by atoms with E-state index < -0.39 is 11.5 Å². The summed E-state index contributed by atoms with van der Waals surface area (Å²) < 4.78 is 5.08. The van der Waals surface area contributed by atoms with Crippen molar-refractivity contribution in [2.75, 3.05) is 27.2 Å². The number of nitrogens with one attached hydrogen (secondary N) is 1. The Morgan fingerprint density at radius 2 is 1.87 bits per heavy atom. The van der Waals surface area contributed by atoms with E-state index in [2.05, 4.69) is 10.2 Å². The lowest BCUT2D eigenvalue weighted by atomic mass is 9.85. The smallest absolute Gasteiger partial charge is 0.333 e. The van der Waals surface area contributed by atoms with Gasteiger partial charge in [-0.25, -0.2) is 4.79 Å². The number of carbonyl (C=O) groups is 3. The number of rotatable bonds is 9. The summed E-state index contributed by atoms with van der Waals surface area (Å²) in [7, 11) is 3.71. The van der Waals surface area contributed by atoms with Crippen molar-refractivity contribution in [3.63, 3.8) is 0 Å². The van der Waals surface area contributed by atoms with Gasteiger partial charge in [0.15, 0.2) is 0 Å². The first-order valence-corrected chi connectivity index (χ1v) is 11.6. The summed E-state index contributed by atoms with van der Waals surface area (Å²) in [6.07, 6.45) is 6.30. The summed E-state index contributed by atoms with van der Waals surface area (Å²) in [6.45, 7) is 12.6. The van der Waals surface area contributed by atoms with Crippen LogP contribution in [0.25, 0.3) is 0 Å². The molecular weight excluding hydrogens is 394 g/mol. The fourth-order valence-electron chi connectivity index (χ4n) is 3.95. The molecule has 0 radical (unpaired) electrons. The van der Waals surface area contributed by atoms with Gasteiger partial charge in [0, 0.05) is 12.6 Å². The van der Waals surface area contributed by atoms with Crippen molar-refractivity contribution in [1.29, 1.82) is 0 Å². The van der Waals surface area contributed by atoms with E-state index in [4.69, 9.17) is 4.74 Å². The molecule has 0 bridgehead atoms. The van der Waals surface area contributed by atoms with Crippen molar-refractivity contribution in [3.05, 3.63) is 11.6 Å². The van der Waals surface area contributed by atoms with E-state index in [0.29, 0.717) is 12.2 Å². The third-order valence-corrected chi connectivity index (χ3v) is 5.94. The summed E-state index contributed by atoms with van der Waals surface area (Å²) in [6, 6.07) is -1.11. The number of likely N-dealkylation sites (N-methyl/N-ethyl adjacent to an activating group) is 2. The summed E-state index contributed by atoms with van der Waals surface area (Å²) in [5, 5.41) is 3.05. The third kappa shape index (κ3) is 7.95. The van der Waals surface area contributed by atoms with E-state index in [0.717, 1.165) is 38.6 Å². The van der Waals surface area contributed by atoms with Gasteiger partial charge in [0.05, 0.1) is 18.7 Å². The number of amides is 2. The van der Waals surface area contributed by atoms with E-state index in [-0.39, 0.29) is 29.9 Å². The zero-order valence-corrected chi connectivity index (χ0v) is 20.8. The number of hydrogen-bond acceptors (Lipinski definition) is 5. The van der Waals surface area contributed by atoms with Crippen molar-refractivity contribution >= 4 is 17.8 Å². The van der Waals surface area contributed by atoms with Crippen LogP contribution in [-0.4, -0.2) is 73.0 Å². The molecule has 0 aliphatic carbocycles. The number of esters is 1. The van der Waals surface area contributed by atoms with E-state index >= 15 is 0 Å². The molecule has 3 unspecified atom stereocenters. The minimum Gasteiger partial charge on any atom is -0.463 e. The third-order valence-electron chi connectivity index (χ3n) is 5.94. The van der Waals surface area contributed by atoms with Crippen LogP contribution in [0.3, 0.4) is 0 Å². The maximum absolute atomic E-state index is 13.5. The standard InChI is InChI=1S/C24H43N3O4/c1-9-13-18(16-17(3)23(30)31-10-2)27(8)22(29)20(24(4,5)6)25-21(28)19-14-11-12-15-26(19)7/h16,18-20H,9-15H2,1-8H3,(H,25,28)/b17-16+. The van der Waals surface area contributed by atoms with Gasteiger partial charge in [0.1, 0.15) is 6.04 Å². The molecule has 1 rings (SSSR count). The Labute approximate surface area is 188 Å². The Morgan fingerprint density at radius 3 is 2.39 bits per heavy atom. The van der Waals surface area contributed by atoms with Gasteiger partial charge in [-0.1, -0.05) is 46.6 Å². The molecule has 31 heavy (non-hydrogen) atoms. The molecule has 0 spiro atoms. The Bertz CT molecular complexity index is 654. The predicted octanol–water partition coefficient (Wildman–Crippen LogP) is 3.14. The van der Waals surface area contributed by atoms with Crippen LogP contribution >= 0.6 is 0 Å². The Morgan fingerprint density at radius 1 is 1.23 bits per heavy atom. The fourth-order valence-corrected chi connectivity index (χ4v) is 3.95. The number of carbonyl (C=O) groups excluding carboxylic acids is 3. The largest absolute Gasteiger partial charge is 0.463 e. The molecule has 2 amide bonds. The Balaban J connectivity index is 3.07. The summed E-state index contributed by atoms with van der Waals surface area (Å²) in [5.41, 5.74) is 0.0328. The molecule has 0 aromatic carbocycles. The van der Waals surface area contributed by atoms with Gasteiger partial charge in [-0.3, -0.25) is 14.5 Å². The highest BCUT2D eigenvalue weighted by Crippen LogP contribution is 2.24. The fraction of sp³-hybridized carbons (Fsp3) is 0.792. The Hall–Kier alpha value is -1.89. The highest BCUT2D eigenvalue weighted by Gasteiger charge is 2.38. The molecule has 1 heterocycles. The van der Waals surface area contributed by atoms with Crippen LogP contribution in [0.5, 0.6) is 0 Å². The molecule has 1 fully saturated rings. The molecule has 7 nitrogen and oxygen atoms in total. The number of nitrogens with zero attached hydrogens (tertiary/aromatic N) is 2. The number of likely N-dealkylation sites (tertiary alicyclic amines) is 1. The van der Waals surface area contributed by atoms with Crippen molar-refractivity contribution in [2.24, 2.45) is 5.41 Å². The van der Waals surface area contributed by atoms with Gasteiger partial charge in [-0.2, -0.15) is 0 Å². The maximum Gasteiger partial charge on any atom is 0.333 e. The van der Waals surface area contributed by atoms with Crippen LogP contribution in [0, 0.1) is 5.41 Å². The molecular formula is C24H43N3O4. The van der Waals surface area contributed by atoms with Crippen LogP contribution in [0.15, 0.2) is 11.6 Å². The molecule has 1 aliphatic rings. The molecule has 178 valence electrons. The molecule has 0 aromatic heterocycles. The highest BCUT2D eigenvalue weighted by molar-refractivity contribution is 5.91. The zero-order valence-electron chi connectivity index (χ0n) is 20.8. The SMILES string of the molecule is CCCC(/C=C(\C)C(=O)OCC)N(C)C(=O)C(NC(=O)C1CCCCN1C)C(C)(C)C. The van der Waals surface area contributed by atoms with Gasteiger partial charge in [-0.15, -0.1) is 0 Å². The van der Waals surface area contributed by atoms with E-state index in [1.54, 1.807) is 31.9 Å². The molecule has 1 saturated heterocycles. The van der Waals surface area contributed by atoms with Crippen LogP contribution in [0.2, 0.25) is 0 Å². The predicted molar refractivity (Wildman–Crippen MR) is 124 cm³/mol. The van der Waals surface area contributed by atoms with Crippen molar-refractivity contribution in [2.45, 2.75) is 91.8 Å². The molecule has 7 heteroatoms. The van der Waals surface area contributed by atoms with Crippen molar-refractivity contribution in [3.8, 4) is 0 Å². The molecule has 0 saturated carbocycles. The quantitative estimate of drug-likeness (QED) is 0.443. The average Bonchev–Trinajstić information content (AvgIpc) is 2.70. The topological polar surface area (TPSA) is 79.0 Å². The molecule has 3 atom stereocenters. The van der Waals surface area contributed by atoms with Crippen LogP contribution in [0.4, 0.5) is 0 Å². The van der Waals surface area contributed by atoms with E-state index in [1.165, 1.54) is 0 Å². The normalized spacial score (nSPS) is 20.0. The summed E-state index contributed by atoms with van der Waals surface area (Å²) in [4.78, 5) is 42.4. The average molecular weight is 438 g/mol. The second-order valence-electron chi connectivity index (χ2n) is 9.68. The van der Waals surface area contributed by atoms with Crippen LogP contribution < -0.4 is 5.32 Å². The van der Waals surface area contributed by atoms with Crippen LogP contribution in [-0.2, 0) is 19.1 Å². The first-order chi connectivity index (χ1) is 14.4.